The zero-order valence-corrected chi connectivity index (χ0v) is 10.0. The zero-order valence-electron chi connectivity index (χ0n) is 10.0. The second kappa shape index (κ2) is 5.58. The van der Waals surface area contributed by atoms with Crippen LogP contribution in [0.15, 0.2) is 28.7 Å². The number of aliphatic hydroxyl groups excluding tert-OH is 1. The number of para-hydroxylation sites is 2. The Labute approximate surface area is 107 Å². The number of hydrogen-bond acceptors (Lipinski definition) is 4. The van der Waals surface area contributed by atoms with E-state index in [2.05, 4.69) is 4.98 Å². The molecule has 0 saturated carbocycles. The van der Waals surface area contributed by atoms with E-state index in [0.717, 1.165) is 4.90 Å². The number of rotatable bonds is 5. The van der Waals surface area contributed by atoms with Gasteiger partial charge in [-0.2, -0.15) is 13.2 Å². The molecule has 1 heterocycles. The standard InChI is InChI=1S/C12H13F3N2O2/c13-12(14,15)8-17(5-6-18)7-11-16-9-3-1-2-4-10(9)19-11/h1-4,18H,5-8H2. The van der Waals surface area contributed by atoms with E-state index in [1.54, 1.807) is 24.3 Å². The van der Waals surface area contributed by atoms with Gasteiger partial charge in [0.1, 0.15) is 5.52 Å². The van der Waals surface area contributed by atoms with E-state index in [-0.39, 0.29) is 25.6 Å². The van der Waals surface area contributed by atoms with E-state index < -0.39 is 12.7 Å². The van der Waals surface area contributed by atoms with Crippen molar-refractivity contribution in [1.82, 2.24) is 9.88 Å². The quantitative estimate of drug-likeness (QED) is 0.908. The second-order valence-electron chi connectivity index (χ2n) is 4.12. The monoisotopic (exact) mass is 274 g/mol. The minimum absolute atomic E-state index is 0.0851. The normalized spacial score (nSPS) is 12.5. The maximum absolute atomic E-state index is 12.4. The predicted molar refractivity (Wildman–Crippen MR) is 62.4 cm³/mol. The van der Waals surface area contributed by atoms with Crippen LogP contribution in [0, 0.1) is 0 Å². The highest BCUT2D eigenvalue weighted by atomic mass is 19.4. The lowest BCUT2D eigenvalue weighted by molar-refractivity contribution is -0.148. The molecule has 0 aliphatic rings. The molecule has 2 aromatic rings. The minimum Gasteiger partial charge on any atom is -0.439 e. The van der Waals surface area contributed by atoms with Crippen molar-refractivity contribution < 1.29 is 22.7 Å². The Hall–Kier alpha value is -1.60. The topological polar surface area (TPSA) is 49.5 Å². The fraction of sp³-hybridized carbons (Fsp3) is 0.417. The number of fused-ring (bicyclic) bond motifs is 1. The van der Waals surface area contributed by atoms with Crippen LogP contribution in [0.5, 0.6) is 0 Å². The van der Waals surface area contributed by atoms with Crippen LogP contribution in [0.4, 0.5) is 13.2 Å². The summed E-state index contributed by atoms with van der Waals surface area (Å²) >= 11 is 0. The first-order valence-corrected chi connectivity index (χ1v) is 5.72. The smallest absolute Gasteiger partial charge is 0.401 e. The van der Waals surface area contributed by atoms with Crippen LogP contribution < -0.4 is 0 Å². The molecule has 0 bridgehead atoms. The number of oxazole rings is 1. The summed E-state index contributed by atoms with van der Waals surface area (Å²) in [6.07, 6.45) is -4.32. The van der Waals surface area contributed by atoms with Crippen LogP contribution in [-0.2, 0) is 6.54 Å². The van der Waals surface area contributed by atoms with E-state index in [1.807, 2.05) is 0 Å². The number of benzene rings is 1. The molecular formula is C12H13F3N2O2. The lowest BCUT2D eigenvalue weighted by atomic mass is 10.3. The minimum atomic E-state index is -4.32. The average Bonchev–Trinajstić information content (AvgIpc) is 2.69. The molecule has 1 aromatic carbocycles. The van der Waals surface area contributed by atoms with E-state index in [9.17, 15) is 13.2 Å². The Balaban J connectivity index is 2.11. The molecule has 4 nitrogen and oxygen atoms in total. The van der Waals surface area contributed by atoms with Gasteiger partial charge in [0.15, 0.2) is 5.58 Å². The molecule has 0 atom stereocenters. The second-order valence-corrected chi connectivity index (χ2v) is 4.12. The van der Waals surface area contributed by atoms with E-state index >= 15 is 0 Å². The third-order valence-corrected chi connectivity index (χ3v) is 2.52. The largest absolute Gasteiger partial charge is 0.439 e. The fourth-order valence-corrected chi connectivity index (χ4v) is 1.79. The van der Waals surface area contributed by atoms with Crippen molar-refractivity contribution in [3.05, 3.63) is 30.2 Å². The first-order valence-electron chi connectivity index (χ1n) is 5.72. The lowest BCUT2D eigenvalue weighted by Gasteiger charge is -2.20. The van der Waals surface area contributed by atoms with Gasteiger partial charge in [-0.1, -0.05) is 12.1 Å². The Bertz CT molecular complexity index is 506. The number of aromatic nitrogens is 1. The number of alkyl halides is 3. The first-order chi connectivity index (χ1) is 8.98. The summed E-state index contributed by atoms with van der Waals surface area (Å²) in [4.78, 5) is 5.15. The van der Waals surface area contributed by atoms with Crippen molar-refractivity contribution in [2.75, 3.05) is 19.7 Å². The average molecular weight is 274 g/mol. The zero-order chi connectivity index (χ0) is 13.9. The summed E-state index contributed by atoms with van der Waals surface area (Å²) in [5.74, 6) is 0.207. The highest BCUT2D eigenvalue weighted by Crippen LogP contribution is 2.20. The summed E-state index contributed by atoms with van der Waals surface area (Å²) in [5.41, 5.74) is 1.14. The molecule has 0 saturated heterocycles. The van der Waals surface area contributed by atoms with Gasteiger partial charge in [-0.25, -0.2) is 4.98 Å². The van der Waals surface area contributed by atoms with Crippen molar-refractivity contribution in [3.63, 3.8) is 0 Å². The van der Waals surface area contributed by atoms with Crippen molar-refractivity contribution >= 4 is 11.1 Å². The summed E-state index contributed by atoms with van der Waals surface area (Å²) < 4.78 is 42.4. The molecule has 0 spiro atoms. The van der Waals surface area contributed by atoms with Crippen LogP contribution in [0.1, 0.15) is 5.89 Å². The molecule has 1 N–H and O–H groups in total. The third kappa shape index (κ3) is 3.93. The Morgan fingerprint density at radius 2 is 2.00 bits per heavy atom. The van der Waals surface area contributed by atoms with Crippen LogP contribution in [0.25, 0.3) is 11.1 Å². The fourth-order valence-electron chi connectivity index (χ4n) is 1.79. The summed E-state index contributed by atoms with van der Waals surface area (Å²) in [6, 6.07) is 6.96. The van der Waals surface area contributed by atoms with Gasteiger partial charge in [0.2, 0.25) is 5.89 Å². The predicted octanol–water partition coefficient (Wildman–Crippen LogP) is 2.18. The van der Waals surface area contributed by atoms with Crippen molar-refractivity contribution in [1.29, 1.82) is 0 Å². The SMILES string of the molecule is OCCN(Cc1nc2ccccc2o1)CC(F)(F)F. The number of halogens is 3. The molecule has 104 valence electrons. The molecule has 7 heteroatoms. The van der Waals surface area contributed by atoms with Crippen molar-refractivity contribution in [2.24, 2.45) is 0 Å². The Morgan fingerprint density at radius 1 is 1.26 bits per heavy atom. The molecule has 0 unspecified atom stereocenters. The molecule has 0 radical (unpaired) electrons. The van der Waals surface area contributed by atoms with Gasteiger partial charge in [0.05, 0.1) is 19.7 Å². The van der Waals surface area contributed by atoms with Gasteiger partial charge >= 0.3 is 6.18 Å². The molecule has 19 heavy (non-hydrogen) atoms. The first kappa shape index (κ1) is 13.8. The van der Waals surface area contributed by atoms with Crippen LogP contribution in [0.2, 0.25) is 0 Å². The van der Waals surface area contributed by atoms with Crippen LogP contribution in [-0.4, -0.2) is 40.9 Å². The van der Waals surface area contributed by atoms with E-state index in [1.165, 1.54) is 0 Å². The van der Waals surface area contributed by atoms with Gasteiger partial charge in [0.25, 0.3) is 0 Å². The molecule has 0 amide bonds. The molecule has 1 aromatic heterocycles. The van der Waals surface area contributed by atoms with Gasteiger partial charge in [-0.05, 0) is 12.1 Å². The Morgan fingerprint density at radius 3 is 2.63 bits per heavy atom. The van der Waals surface area contributed by atoms with Crippen molar-refractivity contribution in [2.45, 2.75) is 12.7 Å². The molecule has 0 fully saturated rings. The summed E-state index contributed by atoms with van der Waals surface area (Å²) in [7, 11) is 0. The number of hydrogen-bond donors (Lipinski definition) is 1. The van der Waals surface area contributed by atoms with Gasteiger partial charge in [-0.15, -0.1) is 0 Å². The van der Waals surface area contributed by atoms with Crippen molar-refractivity contribution in [3.8, 4) is 0 Å². The summed E-state index contributed by atoms with van der Waals surface area (Å²) in [6.45, 7) is -1.63. The van der Waals surface area contributed by atoms with E-state index in [4.69, 9.17) is 9.52 Å². The number of aliphatic hydroxyl groups is 1. The van der Waals surface area contributed by atoms with Gasteiger partial charge < -0.3 is 9.52 Å². The maximum Gasteiger partial charge on any atom is 0.401 e. The van der Waals surface area contributed by atoms with Gasteiger partial charge in [0, 0.05) is 6.54 Å². The lowest BCUT2D eigenvalue weighted by Crippen LogP contribution is -2.35. The highest BCUT2D eigenvalue weighted by Gasteiger charge is 2.31. The van der Waals surface area contributed by atoms with E-state index in [0.29, 0.717) is 11.1 Å². The number of nitrogens with zero attached hydrogens (tertiary/aromatic N) is 2. The summed E-state index contributed by atoms with van der Waals surface area (Å²) in [5, 5.41) is 8.79. The molecular weight excluding hydrogens is 261 g/mol. The highest BCUT2D eigenvalue weighted by molar-refractivity contribution is 5.72. The molecule has 2 rings (SSSR count). The maximum atomic E-state index is 12.4. The van der Waals surface area contributed by atoms with Gasteiger partial charge in [-0.3, -0.25) is 4.90 Å². The third-order valence-electron chi connectivity index (χ3n) is 2.52. The molecule has 0 aliphatic heterocycles. The van der Waals surface area contributed by atoms with Crippen LogP contribution in [0.3, 0.4) is 0 Å². The Kier molecular flexibility index (Phi) is 4.06. The van der Waals surface area contributed by atoms with Crippen LogP contribution >= 0.6 is 0 Å². The molecule has 0 aliphatic carbocycles.